The summed E-state index contributed by atoms with van der Waals surface area (Å²) in [5, 5.41) is 4.54. The van der Waals surface area contributed by atoms with E-state index >= 15 is 0 Å². The van der Waals surface area contributed by atoms with Crippen LogP contribution in [0.15, 0.2) is 64.8 Å². The molecule has 4 aromatic rings. The second-order valence-corrected chi connectivity index (χ2v) is 8.23. The number of fused-ring (bicyclic) bond motifs is 1. The van der Waals surface area contributed by atoms with E-state index in [1.807, 2.05) is 37.4 Å². The number of nitrogens with one attached hydrogen (secondary N) is 1. The Morgan fingerprint density at radius 1 is 1.09 bits per heavy atom. The second kappa shape index (κ2) is 9.66. The summed E-state index contributed by atoms with van der Waals surface area (Å²) >= 11 is 1.34. The highest BCUT2D eigenvalue weighted by Crippen LogP contribution is 2.15. The van der Waals surface area contributed by atoms with Gasteiger partial charge in [-0.25, -0.2) is 9.78 Å². The van der Waals surface area contributed by atoms with Crippen molar-refractivity contribution in [2.75, 3.05) is 11.9 Å². The van der Waals surface area contributed by atoms with Gasteiger partial charge in [0.1, 0.15) is 12.4 Å². The Labute approximate surface area is 193 Å². The number of aromatic nitrogens is 2. The molecule has 0 radical (unpaired) electrons. The van der Waals surface area contributed by atoms with E-state index in [0.29, 0.717) is 22.1 Å². The van der Waals surface area contributed by atoms with E-state index in [2.05, 4.69) is 10.3 Å². The van der Waals surface area contributed by atoms with E-state index in [1.54, 1.807) is 24.3 Å². The van der Waals surface area contributed by atoms with Gasteiger partial charge in [0, 0.05) is 22.8 Å². The number of ether oxygens (including phenoxy) is 2. The van der Waals surface area contributed by atoms with Gasteiger partial charge in [0.25, 0.3) is 11.5 Å². The number of nitrogens with zero attached hydrogens (tertiary/aromatic N) is 2. The van der Waals surface area contributed by atoms with E-state index in [4.69, 9.17) is 9.47 Å². The zero-order valence-electron chi connectivity index (χ0n) is 18.0. The first-order valence-electron chi connectivity index (χ1n) is 10.1. The molecule has 8 nitrogen and oxygen atoms in total. The van der Waals surface area contributed by atoms with Crippen LogP contribution < -0.4 is 15.6 Å². The van der Waals surface area contributed by atoms with Crippen molar-refractivity contribution >= 4 is 33.9 Å². The Balaban J connectivity index is 1.35. The highest BCUT2D eigenvalue weighted by molar-refractivity contribution is 7.15. The molecule has 1 N–H and O–H groups in total. The van der Waals surface area contributed by atoms with E-state index in [0.717, 1.165) is 11.3 Å². The van der Waals surface area contributed by atoms with Crippen molar-refractivity contribution in [2.24, 2.45) is 0 Å². The molecular formula is C24H21N3O5S. The molecule has 1 amide bonds. The monoisotopic (exact) mass is 463 g/mol. The van der Waals surface area contributed by atoms with Gasteiger partial charge in [0.2, 0.25) is 0 Å². The fourth-order valence-corrected chi connectivity index (χ4v) is 4.06. The number of carbonyl (C=O) groups is 2. The first-order chi connectivity index (χ1) is 15.9. The molecule has 2 aromatic heterocycles. The molecule has 2 heterocycles. The number of hydrogen-bond acceptors (Lipinski definition) is 7. The predicted molar refractivity (Wildman–Crippen MR) is 125 cm³/mol. The van der Waals surface area contributed by atoms with Gasteiger partial charge in [-0.3, -0.25) is 14.0 Å². The van der Waals surface area contributed by atoms with Gasteiger partial charge in [0.15, 0.2) is 11.6 Å². The van der Waals surface area contributed by atoms with Crippen LogP contribution in [0.3, 0.4) is 0 Å². The lowest BCUT2D eigenvalue weighted by Crippen LogP contribution is -2.20. The van der Waals surface area contributed by atoms with E-state index in [-0.39, 0.29) is 30.2 Å². The quantitative estimate of drug-likeness (QED) is 0.419. The van der Waals surface area contributed by atoms with Crippen molar-refractivity contribution in [3.63, 3.8) is 0 Å². The van der Waals surface area contributed by atoms with Crippen LogP contribution in [0, 0.1) is 13.8 Å². The predicted octanol–water partition coefficient (Wildman–Crippen LogP) is 3.75. The van der Waals surface area contributed by atoms with Crippen LogP contribution in [0.1, 0.15) is 27.3 Å². The highest BCUT2D eigenvalue weighted by Gasteiger charge is 2.12. The number of amides is 1. The number of rotatable bonds is 7. The summed E-state index contributed by atoms with van der Waals surface area (Å²) in [6.07, 6.45) is 0. The van der Waals surface area contributed by atoms with Gasteiger partial charge < -0.3 is 14.8 Å². The maximum atomic E-state index is 12.5. The van der Waals surface area contributed by atoms with Crippen molar-refractivity contribution in [3.8, 4) is 5.75 Å². The van der Waals surface area contributed by atoms with Crippen LogP contribution in [0.2, 0.25) is 0 Å². The van der Waals surface area contributed by atoms with Crippen LogP contribution in [0.4, 0.5) is 5.69 Å². The molecule has 0 saturated carbocycles. The molecule has 0 aliphatic heterocycles. The average molecular weight is 464 g/mol. The minimum Gasteiger partial charge on any atom is -0.484 e. The molecule has 2 aromatic carbocycles. The second-order valence-electron chi connectivity index (χ2n) is 7.39. The van der Waals surface area contributed by atoms with Gasteiger partial charge >= 0.3 is 5.97 Å². The molecule has 33 heavy (non-hydrogen) atoms. The molecule has 4 rings (SSSR count). The molecular weight excluding hydrogens is 442 g/mol. The summed E-state index contributed by atoms with van der Waals surface area (Å²) in [4.78, 5) is 41.8. The standard InChI is InChI=1S/C24H21N3O5S/c1-15-5-3-8-20(9-15)31-13-21(28)25-18-7-4-6-17(10-18)23(30)32-12-19-11-22(29)27-16(2)14-33-24(27)26-19/h3-11,14H,12-13H2,1-2H3,(H,25,28). The Kier molecular flexibility index (Phi) is 6.50. The number of benzene rings is 2. The summed E-state index contributed by atoms with van der Waals surface area (Å²) in [5.41, 5.74) is 2.69. The number of aryl methyl sites for hydroxylation is 2. The molecule has 0 aliphatic carbocycles. The normalized spacial score (nSPS) is 10.7. The molecule has 0 saturated heterocycles. The molecule has 0 atom stereocenters. The van der Waals surface area contributed by atoms with E-state index in [1.165, 1.54) is 27.9 Å². The van der Waals surface area contributed by atoms with Gasteiger partial charge in [-0.2, -0.15) is 0 Å². The number of carbonyl (C=O) groups excluding carboxylic acids is 2. The van der Waals surface area contributed by atoms with Crippen molar-refractivity contribution < 1.29 is 19.1 Å². The highest BCUT2D eigenvalue weighted by atomic mass is 32.1. The Morgan fingerprint density at radius 2 is 1.91 bits per heavy atom. The lowest BCUT2D eigenvalue weighted by molar-refractivity contribution is -0.118. The SMILES string of the molecule is Cc1cccc(OCC(=O)Nc2cccc(C(=O)OCc3cc(=O)n4c(C)csc4n3)c2)c1. The van der Waals surface area contributed by atoms with Gasteiger partial charge in [-0.05, 0) is 49.7 Å². The summed E-state index contributed by atoms with van der Waals surface area (Å²) < 4.78 is 12.3. The Hall–Kier alpha value is -3.98. The molecule has 0 fully saturated rings. The maximum Gasteiger partial charge on any atom is 0.338 e. The minimum atomic E-state index is -0.591. The largest absolute Gasteiger partial charge is 0.484 e. The smallest absolute Gasteiger partial charge is 0.338 e. The van der Waals surface area contributed by atoms with Crippen LogP contribution in [-0.4, -0.2) is 27.9 Å². The number of hydrogen-bond donors (Lipinski definition) is 1. The fourth-order valence-electron chi connectivity index (χ4n) is 3.17. The fraction of sp³-hybridized carbons (Fsp3) is 0.167. The maximum absolute atomic E-state index is 12.5. The topological polar surface area (TPSA) is 99.0 Å². The molecule has 0 bridgehead atoms. The summed E-state index contributed by atoms with van der Waals surface area (Å²) in [7, 11) is 0. The molecule has 168 valence electrons. The van der Waals surface area contributed by atoms with Gasteiger partial charge in [-0.1, -0.05) is 18.2 Å². The third kappa shape index (κ3) is 5.45. The lowest BCUT2D eigenvalue weighted by Gasteiger charge is -2.09. The molecule has 0 unspecified atom stereocenters. The van der Waals surface area contributed by atoms with Crippen LogP contribution in [0.25, 0.3) is 4.96 Å². The first-order valence-corrected chi connectivity index (χ1v) is 11.0. The van der Waals surface area contributed by atoms with Gasteiger partial charge in [-0.15, -0.1) is 11.3 Å². The van der Waals surface area contributed by atoms with Crippen LogP contribution >= 0.6 is 11.3 Å². The molecule has 0 aliphatic rings. The summed E-state index contributed by atoms with van der Waals surface area (Å²) in [6.45, 7) is 3.47. The van der Waals surface area contributed by atoms with E-state index in [9.17, 15) is 14.4 Å². The molecule has 9 heteroatoms. The first kappa shape index (κ1) is 22.2. The molecule has 0 spiro atoms. The summed E-state index contributed by atoms with van der Waals surface area (Å²) in [6, 6.07) is 15.1. The summed E-state index contributed by atoms with van der Waals surface area (Å²) in [5.74, 6) is -0.343. The Morgan fingerprint density at radius 3 is 2.73 bits per heavy atom. The third-order valence-corrected chi connectivity index (χ3v) is 5.66. The number of esters is 1. The van der Waals surface area contributed by atoms with E-state index < -0.39 is 5.97 Å². The van der Waals surface area contributed by atoms with Crippen molar-refractivity contribution in [1.82, 2.24) is 9.38 Å². The van der Waals surface area contributed by atoms with Crippen molar-refractivity contribution in [2.45, 2.75) is 20.5 Å². The number of anilines is 1. The Bertz CT molecular complexity index is 1390. The zero-order chi connectivity index (χ0) is 23.4. The van der Waals surface area contributed by atoms with Crippen molar-refractivity contribution in [1.29, 1.82) is 0 Å². The zero-order valence-corrected chi connectivity index (χ0v) is 18.8. The van der Waals surface area contributed by atoms with Crippen LogP contribution in [-0.2, 0) is 16.1 Å². The third-order valence-electron chi connectivity index (χ3n) is 4.72. The minimum absolute atomic E-state index is 0.136. The lowest BCUT2D eigenvalue weighted by atomic mass is 10.2. The van der Waals surface area contributed by atoms with Gasteiger partial charge in [0.05, 0.1) is 11.3 Å². The van der Waals surface area contributed by atoms with Crippen LogP contribution in [0.5, 0.6) is 5.75 Å². The number of thiazole rings is 1. The van der Waals surface area contributed by atoms with Crippen molar-refractivity contribution in [3.05, 3.63) is 92.8 Å². The average Bonchev–Trinajstić information content (AvgIpc) is 3.17.